The number of Topliss-reactive ketones (excluding diaryl/α,β-unsaturated/α-hetero) is 1. The van der Waals surface area contributed by atoms with Crippen molar-refractivity contribution in [2.75, 3.05) is 0 Å². The van der Waals surface area contributed by atoms with E-state index in [1.54, 1.807) is 24.3 Å². The molecule has 2 aromatic carbocycles. The van der Waals surface area contributed by atoms with Crippen molar-refractivity contribution < 1.29 is 9.18 Å². The molecule has 31 heavy (non-hydrogen) atoms. The van der Waals surface area contributed by atoms with Gasteiger partial charge in [-0.25, -0.2) is 4.39 Å². The van der Waals surface area contributed by atoms with Crippen LogP contribution in [0.4, 0.5) is 4.39 Å². The number of hydrogen-bond donors (Lipinski definition) is 0. The molecule has 1 aromatic heterocycles. The van der Waals surface area contributed by atoms with Crippen LogP contribution in [0.1, 0.15) is 38.3 Å². The largest absolute Gasteiger partial charge is 0.357 e. The summed E-state index contributed by atoms with van der Waals surface area (Å²) in [4.78, 5) is 16.1. The summed E-state index contributed by atoms with van der Waals surface area (Å²) in [5.74, 6) is -1.31. The molecule has 2 aliphatic rings. The fourth-order valence-electron chi connectivity index (χ4n) is 4.90. The highest BCUT2D eigenvalue weighted by Gasteiger charge is 2.63. The Morgan fingerprint density at radius 3 is 2.45 bits per heavy atom. The standard InChI is InChI=1S/C25H16FN3OS/c26-18-9-7-17(8-10-18)21-22(23(30)20-6-3-13-31-20)29-12-11-16-4-1-2-5-19(16)24(29)25(21,14-27)15-28/h1-13,21-22,24H. The minimum absolute atomic E-state index is 0.147. The summed E-state index contributed by atoms with van der Waals surface area (Å²) in [5.41, 5.74) is 0.818. The Balaban J connectivity index is 1.78. The van der Waals surface area contributed by atoms with Gasteiger partial charge in [0.1, 0.15) is 11.9 Å². The van der Waals surface area contributed by atoms with Crippen molar-refractivity contribution in [3.8, 4) is 12.1 Å². The number of ketones is 1. The lowest BCUT2D eigenvalue weighted by atomic mass is 9.67. The van der Waals surface area contributed by atoms with Gasteiger partial charge in [-0.1, -0.05) is 42.5 Å². The van der Waals surface area contributed by atoms with Gasteiger partial charge in [0.2, 0.25) is 0 Å². The predicted octanol–water partition coefficient (Wildman–Crippen LogP) is 5.30. The van der Waals surface area contributed by atoms with E-state index < -0.39 is 29.2 Å². The lowest BCUT2D eigenvalue weighted by Gasteiger charge is -2.34. The third-order valence-electron chi connectivity index (χ3n) is 6.21. The zero-order valence-electron chi connectivity index (χ0n) is 16.3. The van der Waals surface area contributed by atoms with E-state index in [1.165, 1.54) is 23.5 Å². The van der Waals surface area contributed by atoms with Crippen molar-refractivity contribution in [1.29, 1.82) is 10.5 Å². The fraction of sp³-hybridized carbons (Fsp3) is 0.160. The van der Waals surface area contributed by atoms with Crippen LogP contribution in [0.25, 0.3) is 6.08 Å². The van der Waals surface area contributed by atoms with Gasteiger partial charge in [0.15, 0.2) is 11.2 Å². The van der Waals surface area contributed by atoms with Gasteiger partial charge in [-0.05, 0) is 46.3 Å². The van der Waals surface area contributed by atoms with Crippen molar-refractivity contribution in [3.63, 3.8) is 0 Å². The SMILES string of the molecule is N#CC1(C#N)C(c2ccc(F)cc2)C(C(=O)c2cccs2)N2C=Cc3ccccc3C21. The summed E-state index contributed by atoms with van der Waals surface area (Å²) in [6.45, 7) is 0. The van der Waals surface area contributed by atoms with Crippen LogP contribution in [-0.2, 0) is 0 Å². The number of benzene rings is 2. The Kier molecular flexibility index (Phi) is 4.46. The smallest absolute Gasteiger partial charge is 0.195 e. The normalized spacial score (nSPS) is 22.8. The van der Waals surface area contributed by atoms with Crippen LogP contribution in [0.5, 0.6) is 0 Å². The monoisotopic (exact) mass is 425 g/mol. The first kappa shape index (κ1) is 19.2. The molecule has 3 aromatic rings. The van der Waals surface area contributed by atoms with E-state index in [0.717, 1.165) is 11.1 Å². The van der Waals surface area contributed by atoms with Crippen LogP contribution in [0.2, 0.25) is 0 Å². The quantitative estimate of drug-likeness (QED) is 0.534. The summed E-state index contributed by atoms with van der Waals surface area (Å²) in [5, 5.41) is 22.6. The van der Waals surface area contributed by atoms with Gasteiger partial charge in [-0.2, -0.15) is 10.5 Å². The summed E-state index contributed by atoms with van der Waals surface area (Å²) >= 11 is 1.33. The average molecular weight is 425 g/mol. The van der Waals surface area contributed by atoms with Crippen LogP contribution in [-0.4, -0.2) is 16.7 Å². The zero-order valence-corrected chi connectivity index (χ0v) is 17.1. The van der Waals surface area contributed by atoms with Crippen LogP contribution < -0.4 is 0 Å². The molecule has 1 saturated heterocycles. The van der Waals surface area contributed by atoms with E-state index in [-0.39, 0.29) is 5.78 Å². The zero-order chi connectivity index (χ0) is 21.6. The summed E-state index contributed by atoms with van der Waals surface area (Å²) in [7, 11) is 0. The van der Waals surface area contributed by atoms with Gasteiger partial charge in [-0.15, -0.1) is 11.3 Å². The molecular weight excluding hydrogens is 409 g/mol. The molecule has 1 fully saturated rings. The lowest BCUT2D eigenvalue weighted by molar-refractivity contribution is 0.0879. The van der Waals surface area contributed by atoms with E-state index in [2.05, 4.69) is 12.1 Å². The molecule has 4 nitrogen and oxygen atoms in total. The number of thiophene rings is 1. The number of rotatable bonds is 3. The van der Waals surface area contributed by atoms with Crippen LogP contribution in [0, 0.1) is 33.9 Å². The van der Waals surface area contributed by atoms with E-state index >= 15 is 0 Å². The van der Waals surface area contributed by atoms with Gasteiger partial charge < -0.3 is 4.90 Å². The Morgan fingerprint density at radius 2 is 1.77 bits per heavy atom. The second-order valence-electron chi connectivity index (χ2n) is 7.70. The van der Waals surface area contributed by atoms with Crippen molar-refractivity contribution in [1.82, 2.24) is 4.90 Å². The molecule has 6 heteroatoms. The first-order chi connectivity index (χ1) is 15.1. The van der Waals surface area contributed by atoms with E-state index in [1.807, 2.05) is 46.8 Å². The molecule has 0 saturated carbocycles. The summed E-state index contributed by atoms with van der Waals surface area (Å²) in [6, 6.07) is 20.1. The summed E-state index contributed by atoms with van der Waals surface area (Å²) < 4.78 is 13.7. The first-order valence-corrected chi connectivity index (χ1v) is 10.7. The predicted molar refractivity (Wildman–Crippen MR) is 115 cm³/mol. The van der Waals surface area contributed by atoms with E-state index in [9.17, 15) is 19.7 Å². The van der Waals surface area contributed by atoms with Gasteiger partial charge in [-0.3, -0.25) is 4.79 Å². The number of fused-ring (bicyclic) bond motifs is 3. The van der Waals surface area contributed by atoms with Crippen molar-refractivity contribution >= 4 is 23.2 Å². The minimum atomic E-state index is -1.53. The highest BCUT2D eigenvalue weighted by atomic mass is 32.1. The Labute approximate surface area is 183 Å². The Hall–Kier alpha value is -3.74. The minimum Gasteiger partial charge on any atom is -0.357 e. The molecule has 0 amide bonds. The molecule has 2 aliphatic heterocycles. The maximum absolute atomic E-state index is 13.7. The maximum atomic E-state index is 13.7. The molecule has 0 aliphatic carbocycles. The first-order valence-electron chi connectivity index (χ1n) is 9.81. The molecule has 150 valence electrons. The molecule has 3 heterocycles. The van der Waals surface area contributed by atoms with Gasteiger partial charge in [0, 0.05) is 12.1 Å². The second kappa shape index (κ2) is 7.19. The van der Waals surface area contributed by atoms with Crippen LogP contribution >= 0.6 is 11.3 Å². The molecule has 0 N–H and O–H groups in total. The molecule has 5 rings (SSSR count). The number of nitriles is 2. The molecule has 3 atom stereocenters. The average Bonchev–Trinajstić information content (AvgIpc) is 3.44. The molecular formula is C25H16FN3OS. The molecule has 0 spiro atoms. The van der Waals surface area contributed by atoms with Crippen molar-refractivity contribution in [2.45, 2.75) is 18.0 Å². The molecule has 0 radical (unpaired) electrons. The van der Waals surface area contributed by atoms with Crippen LogP contribution in [0.15, 0.2) is 72.2 Å². The van der Waals surface area contributed by atoms with E-state index in [0.29, 0.717) is 10.4 Å². The third-order valence-corrected chi connectivity index (χ3v) is 7.09. The number of carbonyl (C=O) groups excluding carboxylic acids is 1. The Morgan fingerprint density at radius 1 is 1.03 bits per heavy atom. The lowest BCUT2D eigenvalue weighted by Crippen LogP contribution is -2.37. The third kappa shape index (κ3) is 2.73. The maximum Gasteiger partial charge on any atom is 0.195 e. The van der Waals surface area contributed by atoms with Gasteiger partial charge in [0.25, 0.3) is 0 Å². The number of halogens is 1. The highest BCUT2D eigenvalue weighted by Crippen LogP contribution is 2.60. The van der Waals surface area contributed by atoms with Crippen molar-refractivity contribution in [2.24, 2.45) is 5.41 Å². The highest BCUT2D eigenvalue weighted by molar-refractivity contribution is 7.12. The number of nitrogens with zero attached hydrogens (tertiary/aromatic N) is 3. The molecule has 0 bridgehead atoms. The fourth-order valence-corrected chi connectivity index (χ4v) is 5.60. The second-order valence-corrected chi connectivity index (χ2v) is 8.65. The number of hydrogen-bond acceptors (Lipinski definition) is 5. The molecule has 3 unspecified atom stereocenters. The van der Waals surface area contributed by atoms with Crippen molar-refractivity contribution in [3.05, 3.63) is 99.6 Å². The number of carbonyl (C=O) groups is 1. The summed E-state index contributed by atoms with van der Waals surface area (Å²) in [6.07, 6.45) is 3.73. The Bertz CT molecular complexity index is 1250. The van der Waals surface area contributed by atoms with Gasteiger partial charge >= 0.3 is 0 Å². The van der Waals surface area contributed by atoms with Gasteiger partial charge in [0.05, 0.1) is 23.1 Å². The topological polar surface area (TPSA) is 67.9 Å². The van der Waals surface area contributed by atoms with Crippen LogP contribution in [0.3, 0.4) is 0 Å². The van der Waals surface area contributed by atoms with E-state index in [4.69, 9.17) is 0 Å².